The zero-order valence-corrected chi connectivity index (χ0v) is 10.4. The van der Waals surface area contributed by atoms with E-state index in [1.807, 2.05) is 4.90 Å². The van der Waals surface area contributed by atoms with Gasteiger partial charge in [-0.3, -0.25) is 4.90 Å². The first-order valence-electron chi connectivity index (χ1n) is 6.18. The van der Waals surface area contributed by atoms with Crippen molar-refractivity contribution in [3.63, 3.8) is 0 Å². The Morgan fingerprint density at radius 1 is 1.50 bits per heavy atom. The lowest BCUT2D eigenvalue weighted by Crippen LogP contribution is -2.41. The van der Waals surface area contributed by atoms with Crippen molar-refractivity contribution < 1.29 is 10.0 Å². The molecule has 1 atom stereocenters. The fourth-order valence-corrected chi connectivity index (χ4v) is 2.32. The molecule has 2 heterocycles. The van der Waals surface area contributed by atoms with Gasteiger partial charge in [0.05, 0.1) is 0 Å². The predicted octanol–water partition coefficient (Wildman–Crippen LogP) is 0.904. The van der Waals surface area contributed by atoms with E-state index in [0.29, 0.717) is 5.69 Å². The molecule has 0 aromatic carbocycles. The maximum Gasteiger partial charge on any atom is 0.434 e. The summed E-state index contributed by atoms with van der Waals surface area (Å²) in [6.07, 6.45) is 4.25. The summed E-state index contributed by atoms with van der Waals surface area (Å²) in [6, 6.07) is 0. The first kappa shape index (κ1) is 13.0. The van der Waals surface area contributed by atoms with Crippen molar-refractivity contribution in [3.05, 3.63) is 22.0 Å². The molecule has 0 bridgehead atoms. The summed E-state index contributed by atoms with van der Waals surface area (Å²) in [5, 5.41) is 20.9. The third kappa shape index (κ3) is 2.85. The second kappa shape index (κ2) is 5.45. The van der Waals surface area contributed by atoms with E-state index < -0.39 is 11.2 Å². The molecule has 1 aromatic rings. The van der Waals surface area contributed by atoms with Crippen LogP contribution in [-0.2, 0) is 6.54 Å². The summed E-state index contributed by atoms with van der Waals surface area (Å²) in [4.78, 5) is 16.1. The minimum Gasteiger partial charge on any atom is -0.390 e. The summed E-state index contributed by atoms with van der Waals surface area (Å²) in [6.45, 7) is 3.60. The van der Waals surface area contributed by atoms with Crippen molar-refractivity contribution in [3.8, 4) is 0 Å². The summed E-state index contributed by atoms with van der Waals surface area (Å²) in [5.41, 5.74) is 0.590. The van der Waals surface area contributed by atoms with Gasteiger partial charge < -0.3 is 15.2 Å². The van der Waals surface area contributed by atoms with Gasteiger partial charge in [0.2, 0.25) is 0 Å². The molecule has 1 aliphatic rings. The molecule has 2 rings (SSSR count). The Kier molecular flexibility index (Phi) is 3.93. The van der Waals surface area contributed by atoms with E-state index in [2.05, 4.69) is 4.98 Å². The quantitative estimate of drug-likeness (QED) is 0.637. The van der Waals surface area contributed by atoms with E-state index in [-0.39, 0.29) is 12.5 Å². The van der Waals surface area contributed by atoms with E-state index in [4.69, 9.17) is 0 Å². The van der Waals surface area contributed by atoms with Crippen molar-refractivity contribution in [2.24, 2.45) is 0 Å². The van der Waals surface area contributed by atoms with Gasteiger partial charge in [-0.2, -0.15) is 0 Å². The van der Waals surface area contributed by atoms with Gasteiger partial charge in [0.25, 0.3) is 0 Å². The molecule has 7 nitrogen and oxygen atoms in total. The number of aromatic nitrogens is 2. The van der Waals surface area contributed by atoms with Crippen LogP contribution in [0.3, 0.4) is 0 Å². The fourth-order valence-electron chi connectivity index (χ4n) is 2.32. The van der Waals surface area contributed by atoms with Crippen LogP contribution >= 0.6 is 0 Å². The number of likely N-dealkylation sites (tertiary alicyclic amines) is 1. The van der Waals surface area contributed by atoms with Crippen LogP contribution in [0, 0.1) is 17.0 Å². The van der Waals surface area contributed by atoms with Crippen LogP contribution in [0.15, 0.2) is 6.20 Å². The van der Waals surface area contributed by atoms with Gasteiger partial charge in [-0.05, 0) is 24.7 Å². The fraction of sp³-hybridized carbons (Fsp3) is 0.727. The number of aliphatic hydroxyl groups is 1. The Morgan fingerprint density at radius 3 is 2.78 bits per heavy atom. The lowest BCUT2D eigenvalue weighted by molar-refractivity contribution is -0.397. The highest BCUT2D eigenvalue weighted by atomic mass is 16.6. The molecule has 18 heavy (non-hydrogen) atoms. The van der Waals surface area contributed by atoms with Crippen molar-refractivity contribution in [1.82, 2.24) is 14.5 Å². The smallest absolute Gasteiger partial charge is 0.390 e. The normalized spacial score (nSPS) is 18.8. The SMILES string of the molecule is Cc1cn(CC(O)N2CCCCC2)c([N+](=O)[O-])n1. The number of nitro groups is 1. The highest BCUT2D eigenvalue weighted by Crippen LogP contribution is 2.16. The van der Waals surface area contributed by atoms with Crippen LogP contribution in [0.1, 0.15) is 25.0 Å². The number of aliphatic hydroxyl groups excluding tert-OH is 1. The molecule has 100 valence electrons. The minimum absolute atomic E-state index is 0.192. The van der Waals surface area contributed by atoms with Gasteiger partial charge in [0, 0.05) is 13.1 Å². The zero-order chi connectivity index (χ0) is 13.1. The molecule has 1 aliphatic heterocycles. The van der Waals surface area contributed by atoms with Gasteiger partial charge in [0.1, 0.15) is 24.7 Å². The lowest BCUT2D eigenvalue weighted by Gasteiger charge is -2.30. The van der Waals surface area contributed by atoms with Gasteiger partial charge in [0.15, 0.2) is 0 Å². The van der Waals surface area contributed by atoms with Crippen LogP contribution in [0.4, 0.5) is 5.95 Å². The average Bonchev–Trinajstić information content (AvgIpc) is 2.71. The number of hydrogen-bond acceptors (Lipinski definition) is 5. The zero-order valence-electron chi connectivity index (χ0n) is 10.4. The van der Waals surface area contributed by atoms with E-state index in [1.165, 1.54) is 11.0 Å². The second-order valence-corrected chi connectivity index (χ2v) is 4.67. The standard InChI is InChI=1S/C11H18N4O3/c1-9-7-14(11(12-9)15(17)18)8-10(16)13-5-3-2-4-6-13/h7,10,16H,2-6,8H2,1H3. The Bertz CT molecular complexity index is 426. The van der Waals surface area contributed by atoms with E-state index >= 15 is 0 Å². The minimum atomic E-state index is -0.683. The molecule has 1 unspecified atom stereocenters. The second-order valence-electron chi connectivity index (χ2n) is 4.67. The average molecular weight is 254 g/mol. The Hall–Kier alpha value is -1.47. The third-order valence-corrected chi connectivity index (χ3v) is 3.21. The maximum absolute atomic E-state index is 10.8. The van der Waals surface area contributed by atoms with Crippen LogP contribution < -0.4 is 0 Å². The van der Waals surface area contributed by atoms with Crippen molar-refractivity contribution in [1.29, 1.82) is 0 Å². The molecule has 0 radical (unpaired) electrons. The third-order valence-electron chi connectivity index (χ3n) is 3.21. The van der Waals surface area contributed by atoms with Crippen molar-refractivity contribution >= 4 is 5.95 Å². The Labute approximate surface area is 105 Å². The van der Waals surface area contributed by atoms with Crippen LogP contribution in [0.2, 0.25) is 0 Å². The molecule has 1 fully saturated rings. The number of imidazole rings is 1. The molecule has 0 saturated carbocycles. The van der Waals surface area contributed by atoms with Crippen LogP contribution in [0.25, 0.3) is 0 Å². The molecular formula is C11H18N4O3. The lowest BCUT2D eigenvalue weighted by atomic mass is 10.1. The number of hydrogen-bond donors (Lipinski definition) is 1. The number of rotatable bonds is 4. The first-order valence-corrected chi connectivity index (χ1v) is 6.18. The van der Waals surface area contributed by atoms with Gasteiger partial charge in [-0.25, -0.2) is 4.57 Å². The van der Waals surface area contributed by atoms with Crippen molar-refractivity contribution in [2.75, 3.05) is 13.1 Å². The largest absolute Gasteiger partial charge is 0.434 e. The molecule has 1 aromatic heterocycles. The first-order chi connectivity index (χ1) is 8.58. The number of piperidine rings is 1. The monoisotopic (exact) mass is 254 g/mol. The highest BCUT2D eigenvalue weighted by molar-refractivity contribution is 5.13. The van der Waals surface area contributed by atoms with Crippen molar-refractivity contribution in [2.45, 2.75) is 39.0 Å². The predicted molar refractivity (Wildman–Crippen MR) is 65.0 cm³/mol. The summed E-state index contributed by atoms with van der Waals surface area (Å²) in [7, 11) is 0. The summed E-state index contributed by atoms with van der Waals surface area (Å²) >= 11 is 0. The molecule has 1 saturated heterocycles. The Balaban J connectivity index is 2.05. The van der Waals surface area contributed by atoms with Gasteiger partial charge in [-0.1, -0.05) is 11.4 Å². The molecule has 0 spiro atoms. The van der Waals surface area contributed by atoms with Crippen LogP contribution in [-0.4, -0.2) is 43.8 Å². The number of nitrogens with zero attached hydrogens (tertiary/aromatic N) is 4. The van der Waals surface area contributed by atoms with E-state index in [9.17, 15) is 15.2 Å². The summed E-state index contributed by atoms with van der Waals surface area (Å²) in [5.74, 6) is -0.205. The summed E-state index contributed by atoms with van der Waals surface area (Å²) < 4.78 is 1.41. The molecule has 1 N–H and O–H groups in total. The highest BCUT2D eigenvalue weighted by Gasteiger charge is 2.24. The van der Waals surface area contributed by atoms with Gasteiger partial charge >= 0.3 is 5.95 Å². The number of aryl methyl sites for hydroxylation is 1. The maximum atomic E-state index is 10.8. The molecule has 0 amide bonds. The van der Waals surface area contributed by atoms with E-state index in [0.717, 1.165) is 25.9 Å². The van der Waals surface area contributed by atoms with Crippen LogP contribution in [0.5, 0.6) is 0 Å². The molecule has 7 heteroatoms. The van der Waals surface area contributed by atoms with Gasteiger partial charge in [-0.15, -0.1) is 0 Å². The van der Waals surface area contributed by atoms with E-state index in [1.54, 1.807) is 13.1 Å². The molecular weight excluding hydrogens is 236 g/mol. The topological polar surface area (TPSA) is 84.4 Å². The molecule has 0 aliphatic carbocycles. The Morgan fingerprint density at radius 2 is 2.17 bits per heavy atom.